The molecule has 2 unspecified atom stereocenters. The lowest BCUT2D eigenvalue weighted by atomic mass is 9.70. The van der Waals surface area contributed by atoms with Gasteiger partial charge in [0.1, 0.15) is 5.60 Å². The molecule has 0 amide bonds. The van der Waals surface area contributed by atoms with Crippen LogP contribution in [0.2, 0.25) is 0 Å². The average molecular weight is 181 g/mol. The minimum atomic E-state index is -0.373. The van der Waals surface area contributed by atoms with Crippen molar-refractivity contribution < 1.29 is 4.74 Å². The molecule has 0 aromatic carbocycles. The monoisotopic (exact) mass is 181 g/mol. The summed E-state index contributed by atoms with van der Waals surface area (Å²) in [6.45, 7) is 6.42. The van der Waals surface area contributed by atoms with Gasteiger partial charge in [-0.25, -0.2) is 0 Å². The van der Waals surface area contributed by atoms with Gasteiger partial charge in [-0.15, -0.1) is 0 Å². The van der Waals surface area contributed by atoms with Crippen molar-refractivity contribution in [1.82, 2.24) is 0 Å². The Morgan fingerprint density at radius 3 is 2.23 bits per heavy atom. The lowest BCUT2D eigenvalue weighted by molar-refractivity contribution is -0.0617. The van der Waals surface area contributed by atoms with Crippen molar-refractivity contribution in [3.63, 3.8) is 0 Å². The quantitative estimate of drug-likeness (QED) is 0.670. The summed E-state index contributed by atoms with van der Waals surface area (Å²) in [5, 5.41) is 0. The summed E-state index contributed by atoms with van der Waals surface area (Å²) < 4.78 is 5.59. The molecule has 0 saturated heterocycles. The third-order valence-corrected chi connectivity index (χ3v) is 2.78. The number of hydrogen-bond acceptors (Lipinski definition) is 2. The first-order valence-electron chi connectivity index (χ1n) is 4.61. The van der Waals surface area contributed by atoms with Crippen LogP contribution in [0.3, 0.4) is 0 Å². The van der Waals surface area contributed by atoms with E-state index < -0.39 is 0 Å². The van der Waals surface area contributed by atoms with Gasteiger partial charge in [0.15, 0.2) is 0 Å². The maximum atomic E-state index is 6.05. The Hall–Kier alpha value is -0.600. The number of rotatable bonds is 1. The molecule has 0 bridgehead atoms. The maximum Gasteiger partial charge on any atom is 0.109 e. The SMILES string of the molecule is COC1(C(C)(C)C)C=CC=CC1N. The first kappa shape index (κ1) is 10.5. The molecule has 0 fully saturated rings. The smallest absolute Gasteiger partial charge is 0.109 e. The minimum absolute atomic E-state index is 0.00241. The van der Waals surface area contributed by atoms with Crippen LogP contribution in [0.1, 0.15) is 20.8 Å². The van der Waals surface area contributed by atoms with E-state index in [2.05, 4.69) is 26.8 Å². The van der Waals surface area contributed by atoms with Gasteiger partial charge in [0.05, 0.1) is 6.04 Å². The van der Waals surface area contributed by atoms with Crippen LogP contribution in [0, 0.1) is 5.41 Å². The molecule has 1 rings (SSSR count). The summed E-state index contributed by atoms with van der Waals surface area (Å²) in [5.74, 6) is 0. The summed E-state index contributed by atoms with van der Waals surface area (Å²) in [5.41, 5.74) is 5.68. The second kappa shape index (κ2) is 3.28. The van der Waals surface area contributed by atoms with Crippen LogP contribution < -0.4 is 5.73 Å². The first-order chi connectivity index (χ1) is 5.94. The van der Waals surface area contributed by atoms with E-state index in [1.54, 1.807) is 7.11 Å². The van der Waals surface area contributed by atoms with Crippen LogP contribution >= 0.6 is 0 Å². The largest absolute Gasteiger partial charge is 0.372 e. The molecule has 0 aromatic heterocycles. The van der Waals surface area contributed by atoms with Crippen LogP contribution in [-0.2, 0) is 4.74 Å². The zero-order valence-electron chi connectivity index (χ0n) is 8.87. The highest BCUT2D eigenvalue weighted by atomic mass is 16.5. The first-order valence-corrected chi connectivity index (χ1v) is 4.61. The number of methoxy groups -OCH3 is 1. The second-order valence-corrected chi connectivity index (χ2v) is 4.52. The molecule has 13 heavy (non-hydrogen) atoms. The molecular formula is C11H19NO. The van der Waals surface area contributed by atoms with E-state index in [9.17, 15) is 0 Å². The van der Waals surface area contributed by atoms with E-state index in [-0.39, 0.29) is 17.1 Å². The molecule has 2 atom stereocenters. The number of nitrogens with two attached hydrogens (primary N) is 1. The van der Waals surface area contributed by atoms with Gasteiger partial charge in [0.2, 0.25) is 0 Å². The van der Waals surface area contributed by atoms with E-state index >= 15 is 0 Å². The minimum Gasteiger partial charge on any atom is -0.372 e. The van der Waals surface area contributed by atoms with E-state index in [0.717, 1.165) is 0 Å². The van der Waals surface area contributed by atoms with Gasteiger partial charge in [0.25, 0.3) is 0 Å². The number of hydrogen-bond donors (Lipinski definition) is 1. The Balaban J connectivity index is 3.06. The van der Waals surface area contributed by atoms with Crippen molar-refractivity contribution in [2.75, 3.05) is 7.11 Å². The molecule has 74 valence electrons. The molecule has 2 N–H and O–H groups in total. The van der Waals surface area contributed by atoms with Gasteiger partial charge in [-0.1, -0.05) is 45.1 Å². The highest BCUT2D eigenvalue weighted by Gasteiger charge is 2.44. The molecule has 1 aliphatic rings. The fraction of sp³-hybridized carbons (Fsp3) is 0.636. The third kappa shape index (κ3) is 1.56. The summed E-state index contributed by atoms with van der Waals surface area (Å²) >= 11 is 0. The number of allylic oxidation sites excluding steroid dienone is 2. The predicted molar refractivity (Wildman–Crippen MR) is 55.5 cm³/mol. The van der Waals surface area contributed by atoms with Crippen molar-refractivity contribution in [3.05, 3.63) is 24.3 Å². The molecule has 1 aliphatic carbocycles. The summed E-state index contributed by atoms with van der Waals surface area (Å²) in [7, 11) is 1.72. The summed E-state index contributed by atoms with van der Waals surface area (Å²) in [4.78, 5) is 0. The average Bonchev–Trinajstić information content (AvgIpc) is 2.03. The van der Waals surface area contributed by atoms with E-state index in [1.165, 1.54) is 0 Å². The predicted octanol–water partition coefficient (Wildman–Crippen LogP) is 1.87. The van der Waals surface area contributed by atoms with Crippen molar-refractivity contribution >= 4 is 0 Å². The van der Waals surface area contributed by atoms with Crippen LogP contribution in [0.25, 0.3) is 0 Å². The molecule has 2 heteroatoms. The number of ether oxygens (including phenoxy) is 1. The highest BCUT2D eigenvalue weighted by molar-refractivity contribution is 5.27. The van der Waals surface area contributed by atoms with Gasteiger partial charge in [-0.05, 0) is 5.41 Å². The molecule has 0 saturated carbocycles. The standard InChI is InChI=1S/C11H19NO/c1-10(2,3)11(13-4)8-6-5-7-9(11)12/h5-9H,12H2,1-4H3. The molecule has 2 nitrogen and oxygen atoms in total. The van der Waals surface area contributed by atoms with Crippen LogP contribution in [0.15, 0.2) is 24.3 Å². The Labute approximate surface area is 80.5 Å². The maximum absolute atomic E-state index is 6.05. The van der Waals surface area contributed by atoms with Crippen molar-refractivity contribution in [2.45, 2.75) is 32.4 Å². The zero-order chi connectivity index (χ0) is 10.1. The molecular weight excluding hydrogens is 162 g/mol. The Morgan fingerprint density at radius 1 is 1.31 bits per heavy atom. The Kier molecular flexibility index (Phi) is 2.64. The van der Waals surface area contributed by atoms with Gasteiger partial charge < -0.3 is 10.5 Å². The van der Waals surface area contributed by atoms with Crippen molar-refractivity contribution in [3.8, 4) is 0 Å². The Morgan fingerprint density at radius 2 is 1.92 bits per heavy atom. The van der Waals surface area contributed by atoms with Crippen LogP contribution in [0.4, 0.5) is 0 Å². The van der Waals surface area contributed by atoms with Crippen molar-refractivity contribution in [2.24, 2.45) is 11.1 Å². The lowest BCUT2D eigenvalue weighted by Crippen LogP contribution is -2.56. The normalized spacial score (nSPS) is 33.8. The van der Waals surface area contributed by atoms with Gasteiger partial charge in [-0.3, -0.25) is 0 Å². The summed E-state index contributed by atoms with van der Waals surface area (Å²) in [6.07, 6.45) is 8.00. The van der Waals surface area contributed by atoms with Gasteiger partial charge in [0, 0.05) is 7.11 Å². The molecule has 0 spiro atoms. The van der Waals surface area contributed by atoms with E-state index in [0.29, 0.717) is 0 Å². The third-order valence-electron chi connectivity index (χ3n) is 2.78. The topological polar surface area (TPSA) is 35.2 Å². The van der Waals surface area contributed by atoms with Gasteiger partial charge >= 0.3 is 0 Å². The highest BCUT2D eigenvalue weighted by Crippen LogP contribution is 2.38. The van der Waals surface area contributed by atoms with Crippen LogP contribution in [0.5, 0.6) is 0 Å². The second-order valence-electron chi connectivity index (χ2n) is 4.52. The van der Waals surface area contributed by atoms with E-state index in [4.69, 9.17) is 10.5 Å². The molecule has 0 radical (unpaired) electrons. The van der Waals surface area contributed by atoms with Crippen LogP contribution in [-0.4, -0.2) is 18.8 Å². The molecule has 0 aromatic rings. The Bertz CT molecular complexity index is 237. The fourth-order valence-electron chi connectivity index (χ4n) is 1.90. The van der Waals surface area contributed by atoms with Gasteiger partial charge in [-0.2, -0.15) is 0 Å². The zero-order valence-corrected chi connectivity index (χ0v) is 8.87. The van der Waals surface area contributed by atoms with E-state index in [1.807, 2.05) is 18.2 Å². The summed E-state index contributed by atoms with van der Waals surface area (Å²) in [6, 6.07) is -0.0671. The molecule has 0 heterocycles. The van der Waals surface area contributed by atoms with Crippen molar-refractivity contribution in [1.29, 1.82) is 0 Å². The lowest BCUT2D eigenvalue weighted by Gasteiger charge is -2.45. The molecule has 0 aliphatic heterocycles. The fourth-order valence-corrected chi connectivity index (χ4v) is 1.90.